The summed E-state index contributed by atoms with van der Waals surface area (Å²) in [5.41, 5.74) is 2.89. The van der Waals surface area contributed by atoms with Crippen molar-refractivity contribution >= 4 is 22.6 Å². The van der Waals surface area contributed by atoms with Crippen LogP contribution in [0.1, 0.15) is 33.6 Å². The molecule has 0 amide bonds. The van der Waals surface area contributed by atoms with Crippen LogP contribution in [0.4, 0.5) is 0 Å². The van der Waals surface area contributed by atoms with Crippen LogP contribution in [0.2, 0.25) is 0 Å². The van der Waals surface area contributed by atoms with Crippen molar-refractivity contribution in [2.24, 2.45) is 5.41 Å². The predicted molar refractivity (Wildman–Crippen MR) is 65.3 cm³/mol. The summed E-state index contributed by atoms with van der Waals surface area (Å²) in [5.74, 6) is 0. The fourth-order valence-electron chi connectivity index (χ4n) is 2.46. The summed E-state index contributed by atoms with van der Waals surface area (Å²) in [6.07, 6.45) is 0.680. The molecule has 0 saturated heterocycles. The van der Waals surface area contributed by atoms with Gasteiger partial charge in [0.1, 0.15) is 0 Å². The Morgan fingerprint density at radius 2 is 2.00 bits per heavy atom. The molecule has 0 aromatic rings. The molecule has 0 aromatic heterocycles. The van der Waals surface area contributed by atoms with E-state index in [4.69, 9.17) is 0 Å². The Morgan fingerprint density at radius 3 is 2.43 bits per heavy atom. The van der Waals surface area contributed by atoms with E-state index in [-0.39, 0.29) is 5.41 Å². The zero-order valence-electron chi connectivity index (χ0n) is 8.84. The van der Waals surface area contributed by atoms with Crippen LogP contribution < -0.4 is 0 Å². The zero-order valence-corrected chi connectivity index (χ0v) is 11.0. The van der Waals surface area contributed by atoms with Crippen LogP contribution in [0.5, 0.6) is 0 Å². The molecule has 1 saturated carbocycles. The van der Waals surface area contributed by atoms with Crippen LogP contribution in [-0.2, 0) is 0 Å². The lowest BCUT2D eigenvalue weighted by atomic mass is 9.65. The third kappa shape index (κ3) is 2.40. The number of aliphatic hydroxyl groups excluding tert-OH is 1. The summed E-state index contributed by atoms with van der Waals surface area (Å²) in [4.78, 5) is 0. The summed E-state index contributed by atoms with van der Waals surface area (Å²) >= 11 is 2.10. The van der Waals surface area contributed by atoms with Gasteiger partial charge in [0.05, 0.1) is 11.7 Å². The second kappa shape index (κ2) is 3.97. The molecular weight excluding hydrogens is 291 g/mol. The molecule has 0 radical (unpaired) electrons. The first kappa shape index (κ1) is 12.2. The van der Waals surface area contributed by atoms with E-state index in [1.54, 1.807) is 11.0 Å². The van der Waals surface area contributed by atoms with E-state index in [0.29, 0.717) is 12.8 Å². The van der Waals surface area contributed by atoms with Gasteiger partial charge in [-0.1, -0.05) is 13.8 Å². The summed E-state index contributed by atoms with van der Waals surface area (Å²) in [6, 6.07) is 0. The van der Waals surface area contributed by atoms with Gasteiger partial charge in [0.25, 0.3) is 0 Å². The molecule has 0 spiro atoms. The van der Waals surface area contributed by atoms with Crippen LogP contribution in [0.3, 0.4) is 0 Å². The summed E-state index contributed by atoms with van der Waals surface area (Å²) in [6.45, 7) is 5.82. The first-order valence-electron chi connectivity index (χ1n) is 4.76. The largest absolute Gasteiger partial charge is 0.393 e. The van der Waals surface area contributed by atoms with Gasteiger partial charge in [0, 0.05) is 16.1 Å². The lowest BCUT2D eigenvalue weighted by Crippen LogP contribution is -2.45. The number of rotatable bonds is 0. The Labute approximate surface area is 98.9 Å². The van der Waals surface area contributed by atoms with Crippen molar-refractivity contribution in [1.82, 2.24) is 0 Å². The van der Waals surface area contributed by atoms with Crippen molar-refractivity contribution in [3.63, 3.8) is 0 Å². The van der Waals surface area contributed by atoms with E-state index in [0.717, 1.165) is 5.57 Å². The Kier molecular flexibility index (Phi) is 3.47. The third-order valence-electron chi connectivity index (χ3n) is 2.79. The van der Waals surface area contributed by atoms with Crippen molar-refractivity contribution in [2.45, 2.75) is 45.3 Å². The molecule has 1 aliphatic carbocycles. The van der Waals surface area contributed by atoms with Gasteiger partial charge >= 0.3 is 0 Å². The molecule has 80 valence electrons. The minimum atomic E-state index is -0.928. The molecule has 0 unspecified atom stereocenters. The van der Waals surface area contributed by atoms with Gasteiger partial charge < -0.3 is 10.2 Å². The molecule has 2 nitrogen and oxygen atoms in total. The lowest BCUT2D eigenvalue weighted by Gasteiger charge is -2.43. The SMILES string of the molecule is CC1(C)C[C@H](O)C[C@@](C)(O)C1=C=CI. The summed E-state index contributed by atoms with van der Waals surface area (Å²) in [5, 5.41) is 19.8. The average Bonchev–Trinajstić information content (AvgIpc) is 1.94. The number of hydrogen-bond acceptors (Lipinski definition) is 2. The first-order valence-corrected chi connectivity index (χ1v) is 6.01. The van der Waals surface area contributed by atoms with Crippen LogP contribution in [0.15, 0.2) is 15.4 Å². The van der Waals surface area contributed by atoms with E-state index >= 15 is 0 Å². The highest BCUT2D eigenvalue weighted by molar-refractivity contribution is 14.1. The van der Waals surface area contributed by atoms with Crippen molar-refractivity contribution in [3.8, 4) is 0 Å². The van der Waals surface area contributed by atoms with Crippen LogP contribution in [0, 0.1) is 5.41 Å². The van der Waals surface area contributed by atoms with E-state index < -0.39 is 11.7 Å². The zero-order chi connectivity index (χ0) is 11.0. The normalized spacial score (nSPS) is 36.4. The van der Waals surface area contributed by atoms with E-state index in [1.807, 2.05) is 13.8 Å². The van der Waals surface area contributed by atoms with Gasteiger partial charge in [-0.05, 0) is 41.4 Å². The Morgan fingerprint density at radius 1 is 1.43 bits per heavy atom. The molecule has 0 bridgehead atoms. The number of aliphatic hydroxyl groups is 2. The molecule has 1 rings (SSSR count). The van der Waals surface area contributed by atoms with Crippen molar-refractivity contribution in [1.29, 1.82) is 0 Å². The smallest absolute Gasteiger partial charge is 0.0932 e. The van der Waals surface area contributed by atoms with E-state index in [9.17, 15) is 10.2 Å². The molecule has 14 heavy (non-hydrogen) atoms. The van der Waals surface area contributed by atoms with E-state index in [1.165, 1.54) is 0 Å². The first-order chi connectivity index (χ1) is 6.29. The Balaban J connectivity index is 3.17. The Hall–Kier alpha value is 0.170. The monoisotopic (exact) mass is 308 g/mol. The van der Waals surface area contributed by atoms with Gasteiger partial charge in [0.15, 0.2) is 0 Å². The van der Waals surface area contributed by atoms with Crippen molar-refractivity contribution in [2.75, 3.05) is 0 Å². The highest BCUT2D eigenvalue weighted by Crippen LogP contribution is 2.45. The quantitative estimate of drug-likeness (QED) is 0.533. The second-order valence-corrected chi connectivity index (χ2v) is 5.47. The summed E-state index contributed by atoms with van der Waals surface area (Å²) < 4.78 is 1.79. The average molecular weight is 308 g/mol. The molecule has 1 fully saturated rings. The van der Waals surface area contributed by atoms with Gasteiger partial charge in [-0.25, -0.2) is 0 Å². The fourth-order valence-corrected chi connectivity index (χ4v) is 2.77. The number of halogens is 1. The minimum Gasteiger partial charge on any atom is -0.393 e. The predicted octanol–water partition coefficient (Wildman–Crippen LogP) is 2.39. The maximum Gasteiger partial charge on any atom is 0.0932 e. The highest BCUT2D eigenvalue weighted by atomic mass is 127. The van der Waals surface area contributed by atoms with E-state index in [2.05, 4.69) is 28.3 Å². The molecule has 1 aliphatic rings. The van der Waals surface area contributed by atoms with Gasteiger partial charge in [-0.2, -0.15) is 0 Å². The maximum absolute atomic E-state index is 10.2. The van der Waals surface area contributed by atoms with Crippen LogP contribution in [-0.4, -0.2) is 21.9 Å². The minimum absolute atomic E-state index is 0.178. The number of hydrogen-bond donors (Lipinski definition) is 2. The molecule has 2 N–H and O–H groups in total. The molecule has 2 atom stereocenters. The van der Waals surface area contributed by atoms with Gasteiger partial charge in [0.2, 0.25) is 0 Å². The third-order valence-corrected chi connectivity index (χ3v) is 3.10. The molecule has 0 aromatic carbocycles. The Bertz CT molecular complexity index is 266. The highest BCUT2D eigenvalue weighted by Gasteiger charge is 2.44. The second-order valence-electron chi connectivity index (χ2n) is 4.85. The van der Waals surface area contributed by atoms with Crippen molar-refractivity contribution in [3.05, 3.63) is 15.4 Å². The van der Waals surface area contributed by atoms with Crippen LogP contribution >= 0.6 is 22.6 Å². The summed E-state index contributed by atoms with van der Waals surface area (Å²) in [7, 11) is 0. The lowest BCUT2D eigenvalue weighted by molar-refractivity contribution is -0.0268. The molecule has 3 heteroatoms. The standard InChI is InChI=1S/C11H17IO2/c1-10(2)6-8(13)7-11(3,14)9(10)4-5-12/h5,8,13-14H,6-7H2,1-3H3/t4?,8-,11+/m0/s1. The maximum atomic E-state index is 10.2. The van der Waals surface area contributed by atoms with Crippen molar-refractivity contribution < 1.29 is 10.2 Å². The topological polar surface area (TPSA) is 40.5 Å². The molecule has 0 heterocycles. The molecular formula is C11H17IO2. The van der Waals surface area contributed by atoms with Gasteiger partial charge in [-0.15, -0.1) is 5.73 Å². The van der Waals surface area contributed by atoms with Crippen LogP contribution in [0.25, 0.3) is 0 Å². The molecule has 0 aliphatic heterocycles. The van der Waals surface area contributed by atoms with Gasteiger partial charge in [-0.3, -0.25) is 0 Å². The fraction of sp³-hybridized carbons (Fsp3) is 0.727.